The van der Waals surface area contributed by atoms with Gasteiger partial charge in [-0.3, -0.25) is 4.79 Å². The van der Waals surface area contributed by atoms with Crippen molar-refractivity contribution in [2.75, 3.05) is 11.5 Å². The molecule has 1 aliphatic carbocycles. The first-order chi connectivity index (χ1) is 8.74. The van der Waals surface area contributed by atoms with Crippen LogP contribution in [0.3, 0.4) is 0 Å². The second-order valence-corrected chi connectivity index (χ2v) is 8.52. The van der Waals surface area contributed by atoms with Crippen LogP contribution in [0.1, 0.15) is 43.2 Å². The lowest BCUT2D eigenvalue weighted by molar-refractivity contribution is 0.0910. The van der Waals surface area contributed by atoms with E-state index in [-0.39, 0.29) is 22.7 Å². The SMILES string of the molecule is CCS(=O)(=O)CCn1ccc2c1CC(C)(C)CC2=O. The Morgan fingerprint density at radius 2 is 2.00 bits per heavy atom. The van der Waals surface area contributed by atoms with Crippen molar-refractivity contribution in [3.8, 4) is 0 Å². The molecule has 5 heteroatoms. The Labute approximate surface area is 114 Å². The highest BCUT2D eigenvalue weighted by Crippen LogP contribution is 2.35. The summed E-state index contributed by atoms with van der Waals surface area (Å²) >= 11 is 0. The maximum absolute atomic E-state index is 12.0. The molecular formula is C14H21NO3S. The molecule has 0 saturated carbocycles. The summed E-state index contributed by atoms with van der Waals surface area (Å²) < 4.78 is 25.1. The van der Waals surface area contributed by atoms with Crippen molar-refractivity contribution in [2.45, 2.75) is 40.2 Å². The third kappa shape index (κ3) is 3.08. The summed E-state index contributed by atoms with van der Waals surface area (Å²) in [4.78, 5) is 12.0. The van der Waals surface area contributed by atoms with Gasteiger partial charge < -0.3 is 4.57 Å². The molecule has 0 aromatic carbocycles. The van der Waals surface area contributed by atoms with Gasteiger partial charge in [0.25, 0.3) is 0 Å². The zero-order valence-electron chi connectivity index (χ0n) is 11.8. The second-order valence-electron chi connectivity index (χ2n) is 6.05. The summed E-state index contributed by atoms with van der Waals surface area (Å²) in [7, 11) is -2.97. The Kier molecular flexibility index (Phi) is 3.60. The van der Waals surface area contributed by atoms with Crippen LogP contribution in [0.25, 0.3) is 0 Å². The summed E-state index contributed by atoms with van der Waals surface area (Å²) in [5.41, 5.74) is 1.73. The average Bonchev–Trinajstić information content (AvgIpc) is 2.68. The topological polar surface area (TPSA) is 56.1 Å². The Morgan fingerprint density at radius 3 is 2.63 bits per heavy atom. The maximum Gasteiger partial charge on any atom is 0.165 e. The molecule has 0 unspecified atom stereocenters. The predicted octanol–water partition coefficient (Wildman–Crippen LogP) is 2.08. The third-order valence-electron chi connectivity index (χ3n) is 3.75. The number of rotatable bonds is 4. The zero-order valence-corrected chi connectivity index (χ0v) is 12.6. The van der Waals surface area contributed by atoms with Crippen LogP contribution in [0.4, 0.5) is 0 Å². The molecule has 1 aliphatic rings. The number of fused-ring (bicyclic) bond motifs is 1. The largest absolute Gasteiger partial charge is 0.350 e. The number of hydrogen-bond acceptors (Lipinski definition) is 3. The monoisotopic (exact) mass is 283 g/mol. The molecule has 4 nitrogen and oxygen atoms in total. The molecule has 106 valence electrons. The van der Waals surface area contributed by atoms with Gasteiger partial charge in [-0.05, 0) is 17.9 Å². The molecule has 0 amide bonds. The number of sulfone groups is 1. The van der Waals surface area contributed by atoms with Gasteiger partial charge in [0.1, 0.15) is 0 Å². The van der Waals surface area contributed by atoms with Crippen molar-refractivity contribution >= 4 is 15.6 Å². The summed E-state index contributed by atoms with van der Waals surface area (Å²) in [5.74, 6) is 0.475. The maximum atomic E-state index is 12.0. The predicted molar refractivity (Wildman–Crippen MR) is 75.2 cm³/mol. The van der Waals surface area contributed by atoms with Crippen molar-refractivity contribution in [1.82, 2.24) is 4.57 Å². The molecule has 0 radical (unpaired) electrons. The number of carbonyl (C=O) groups excluding carboxylic acids is 1. The van der Waals surface area contributed by atoms with Crippen LogP contribution in [-0.2, 0) is 22.8 Å². The molecule has 0 atom stereocenters. The van der Waals surface area contributed by atoms with Gasteiger partial charge >= 0.3 is 0 Å². The van der Waals surface area contributed by atoms with E-state index >= 15 is 0 Å². The molecule has 2 rings (SSSR count). The van der Waals surface area contributed by atoms with Gasteiger partial charge in [-0.1, -0.05) is 20.8 Å². The fourth-order valence-corrected chi connectivity index (χ4v) is 3.36. The third-order valence-corrected chi connectivity index (χ3v) is 5.43. The molecule has 0 fully saturated rings. The Morgan fingerprint density at radius 1 is 1.32 bits per heavy atom. The van der Waals surface area contributed by atoms with E-state index in [1.807, 2.05) is 16.8 Å². The number of carbonyl (C=O) groups is 1. The number of aromatic nitrogens is 1. The molecule has 0 saturated heterocycles. The lowest BCUT2D eigenvalue weighted by Crippen LogP contribution is -2.28. The zero-order chi connectivity index (χ0) is 14.3. The molecule has 1 aromatic rings. The van der Waals surface area contributed by atoms with Crippen molar-refractivity contribution in [3.63, 3.8) is 0 Å². The number of aryl methyl sites for hydroxylation is 1. The van der Waals surface area contributed by atoms with Crippen LogP contribution in [0.15, 0.2) is 12.3 Å². The first-order valence-electron chi connectivity index (χ1n) is 6.66. The summed E-state index contributed by atoms with van der Waals surface area (Å²) in [6.07, 6.45) is 3.24. The molecule has 0 aliphatic heterocycles. The molecular weight excluding hydrogens is 262 g/mol. The lowest BCUT2D eigenvalue weighted by Gasteiger charge is -2.29. The van der Waals surface area contributed by atoms with Gasteiger partial charge in [-0.25, -0.2) is 8.42 Å². The van der Waals surface area contributed by atoms with Crippen LogP contribution < -0.4 is 0 Å². The van der Waals surface area contributed by atoms with E-state index in [0.29, 0.717) is 13.0 Å². The van der Waals surface area contributed by atoms with Crippen molar-refractivity contribution < 1.29 is 13.2 Å². The minimum atomic E-state index is -2.97. The van der Waals surface area contributed by atoms with Gasteiger partial charge in [0, 0.05) is 36.2 Å². The number of hydrogen-bond donors (Lipinski definition) is 0. The lowest BCUT2D eigenvalue weighted by atomic mass is 9.76. The molecule has 0 spiro atoms. The van der Waals surface area contributed by atoms with E-state index in [0.717, 1.165) is 17.7 Å². The van der Waals surface area contributed by atoms with Crippen molar-refractivity contribution in [2.24, 2.45) is 5.41 Å². The fraction of sp³-hybridized carbons (Fsp3) is 0.643. The van der Waals surface area contributed by atoms with Crippen LogP contribution in [0.2, 0.25) is 0 Å². The van der Waals surface area contributed by atoms with E-state index in [1.54, 1.807) is 6.92 Å². The number of Topliss-reactive ketones (excluding diaryl/α,β-unsaturated/α-hetero) is 1. The fourth-order valence-electron chi connectivity index (χ4n) is 2.59. The van der Waals surface area contributed by atoms with Gasteiger partial charge in [-0.15, -0.1) is 0 Å². The quantitative estimate of drug-likeness (QED) is 0.850. The van der Waals surface area contributed by atoms with E-state index < -0.39 is 9.84 Å². The minimum absolute atomic E-state index is 0.0379. The van der Waals surface area contributed by atoms with E-state index in [1.165, 1.54) is 0 Å². The van der Waals surface area contributed by atoms with Crippen molar-refractivity contribution in [3.05, 3.63) is 23.5 Å². The first kappa shape index (κ1) is 14.3. The van der Waals surface area contributed by atoms with Crippen LogP contribution in [0.5, 0.6) is 0 Å². The summed E-state index contributed by atoms with van der Waals surface area (Å²) in [5, 5.41) is 0. The first-order valence-corrected chi connectivity index (χ1v) is 8.48. The smallest absolute Gasteiger partial charge is 0.165 e. The highest BCUT2D eigenvalue weighted by molar-refractivity contribution is 7.91. The Hall–Kier alpha value is -1.10. The van der Waals surface area contributed by atoms with Crippen LogP contribution in [-0.4, -0.2) is 30.3 Å². The van der Waals surface area contributed by atoms with Crippen LogP contribution >= 0.6 is 0 Å². The van der Waals surface area contributed by atoms with Gasteiger partial charge in [0.2, 0.25) is 0 Å². The number of ketones is 1. The van der Waals surface area contributed by atoms with Crippen LogP contribution in [0, 0.1) is 5.41 Å². The normalized spacial score (nSPS) is 18.4. The highest BCUT2D eigenvalue weighted by Gasteiger charge is 2.32. The molecule has 0 bridgehead atoms. The number of nitrogens with zero attached hydrogens (tertiary/aromatic N) is 1. The summed E-state index contributed by atoms with van der Waals surface area (Å²) in [6, 6.07) is 1.82. The Bertz CT molecular complexity index is 596. The second kappa shape index (κ2) is 4.78. The van der Waals surface area contributed by atoms with Gasteiger partial charge in [-0.2, -0.15) is 0 Å². The highest BCUT2D eigenvalue weighted by atomic mass is 32.2. The molecule has 1 heterocycles. The molecule has 19 heavy (non-hydrogen) atoms. The molecule has 0 N–H and O–H groups in total. The molecule has 1 aromatic heterocycles. The van der Waals surface area contributed by atoms with Crippen molar-refractivity contribution in [1.29, 1.82) is 0 Å². The van der Waals surface area contributed by atoms with E-state index in [2.05, 4.69) is 13.8 Å². The standard InChI is InChI=1S/C14H21NO3S/c1-4-19(17,18)8-7-15-6-5-11-12(15)9-14(2,3)10-13(11)16/h5-6H,4,7-10H2,1-3H3. The summed E-state index contributed by atoms with van der Waals surface area (Å²) in [6.45, 7) is 6.25. The Balaban J connectivity index is 2.24. The minimum Gasteiger partial charge on any atom is -0.350 e. The van der Waals surface area contributed by atoms with E-state index in [4.69, 9.17) is 0 Å². The van der Waals surface area contributed by atoms with Gasteiger partial charge in [0.15, 0.2) is 15.6 Å². The average molecular weight is 283 g/mol. The van der Waals surface area contributed by atoms with Gasteiger partial charge in [0.05, 0.1) is 5.75 Å². The van der Waals surface area contributed by atoms with E-state index in [9.17, 15) is 13.2 Å².